The van der Waals surface area contributed by atoms with Crippen molar-refractivity contribution in [2.45, 2.75) is 45.4 Å². The summed E-state index contributed by atoms with van der Waals surface area (Å²) in [7, 11) is 0. The van der Waals surface area contributed by atoms with E-state index < -0.39 is 0 Å². The van der Waals surface area contributed by atoms with Gasteiger partial charge in [0.1, 0.15) is 5.75 Å². The van der Waals surface area contributed by atoms with Crippen molar-refractivity contribution < 1.29 is 9.53 Å². The second-order valence-corrected chi connectivity index (χ2v) is 7.18. The smallest absolute Gasteiger partial charge is 0.166 e. The minimum atomic E-state index is 0.293. The lowest BCUT2D eigenvalue weighted by Gasteiger charge is -2.06. The van der Waals surface area contributed by atoms with E-state index in [1.807, 2.05) is 23.6 Å². The van der Waals surface area contributed by atoms with Gasteiger partial charge in [-0.1, -0.05) is 26.2 Å². The minimum Gasteiger partial charge on any atom is -0.494 e. The third kappa shape index (κ3) is 4.44. The first kappa shape index (κ1) is 16.3. The van der Waals surface area contributed by atoms with E-state index in [9.17, 15) is 4.79 Å². The fourth-order valence-electron chi connectivity index (χ4n) is 2.63. The number of benzene rings is 1. The van der Waals surface area contributed by atoms with Gasteiger partial charge in [0.05, 0.1) is 6.61 Å². The van der Waals surface area contributed by atoms with Gasteiger partial charge in [-0.15, -0.1) is 11.3 Å². The van der Waals surface area contributed by atoms with Crippen LogP contribution >= 0.6 is 11.3 Å². The van der Waals surface area contributed by atoms with Gasteiger partial charge >= 0.3 is 0 Å². The number of rotatable bonds is 9. The summed E-state index contributed by atoms with van der Waals surface area (Å²) in [5.41, 5.74) is 2.03. The van der Waals surface area contributed by atoms with Crippen molar-refractivity contribution in [1.29, 1.82) is 0 Å². The first-order valence-electron chi connectivity index (χ1n) is 8.64. The predicted molar refractivity (Wildman–Crippen MR) is 96.4 cm³/mol. The summed E-state index contributed by atoms with van der Waals surface area (Å²) >= 11 is 1.65. The van der Waals surface area contributed by atoms with Crippen LogP contribution in [0.1, 0.15) is 55.8 Å². The molecule has 1 aliphatic rings. The Morgan fingerprint density at radius 2 is 1.96 bits per heavy atom. The fraction of sp³-hybridized carbons (Fsp3) is 0.450. The van der Waals surface area contributed by atoms with Crippen molar-refractivity contribution in [3.05, 3.63) is 41.3 Å². The number of carbonyl (C=O) groups excluding carboxylic acids is 1. The van der Waals surface area contributed by atoms with Gasteiger partial charge < -0.3 is 4.74 Å². The number of thiophene rings is 1. The molecular formula is C20H24O2S. The number of hydrogen-bond donors (Lipinski definition) is 0. The van der Waals surface area contributed by atoms with Crippen LogP contribution in [-0.4, -0.2) is 12.4 Å². The summed E-state index contributed by atoms with van der Waals surface area (Å²) in [5.74, 6) is 1.54. The Labute approximate surface area is 142 Å². The van der Waals surface area contributed by atoms with Gasteiger partial charge in [-0.3, -0.25) is 4.79 Å². The third-order valence-electron chi connectivity index (χ3n) is 4.24. The summed E-state index contributed by atoms with van der Waals surface area (Å²) in [4.78, 5) is 13.2. The van der Waals surface area contributed by atoms with Crippen molar-refractivity contribution >= 4 is 17.1 Å². The van der Waals surface area contributed by atoms with Gasteiger partial charge in [0.15, 0.2) is 5.78 Å². The standard InChI is InChI=1S/C20H24O2S/c1-2-3-4-5-12-22-18-10-8-15(9-11-18)19-13-17(14-23-19)20(21)16-6-7-16/h8-11,13-14,16H,2-7,12H2,1H3. The fourth-order valence-corrected chi connectivity index (χ4v) is 3.54. The van der Waals surface area contributed by atoms with E-state index in [0.717, 1.165) is 47.6 Å². The molecule has 23 heavy (non-hydrogen) atoms. The van der Waals surface area contributed by atoms with Crippen LogP contribution in [0.2, 0.25) is 0 Å². The molecule has 1 aliphatic carbocycles. The maximum absolute atomic E-state index is 12.1. The maximum atomic E-state index is 12.1. The molecule has 1 heterocycles. The maximum Gasteiger partial charge on any atom is 0.166 e. The molecule has 0 saturated heterocycles. The second-order valence-electron chi connectivity index (χ2n) is 6.27. The van der Waals surface area contributed by atoms with Crippen LogP contribution in [-0.2, 0) is 0 Å². The zero-order chi connectivity index (χ0) is 16.1. The Balaban J connectivity index is 1.55. The molecule has 0 unspecified atom stereocenters. The average Bonchev–Trinajstić information content (AvgIpc) is 3.31. The molecule has 0 N–H and O–H groups in total. The van der Waals surface area contributed by atoms with Crippen LogP contribution in [0.4, 0.5) is 0 Å². The lowest BCUT2D eigenvalue weighted by atomic mass is 10.1. The zero-order valence-corrected chi connectivity index (χ0v) is 14.5. The first-order valence-corrected chi connectivity index (χ1v) is 9.52. The Hall–Kier alpha value is -1.61. The highest BCUT2D eigenvalue weighted by molar-refractivity contribution is 7.13. The van der Waals surface area contributed by atoms with Crippen molar-refractivity contribution in [3.8, 4) is 16.2 Å². The van der Waals surface area contributed by atoms with E-state index in [1.165, 1.54) is 19.3 Å². The number of Topliss-reactive ketones (excluding diaryl/α,β-unsaturated/α-hetero) is 1. The van der Waals surface area contributed by atoms with Crippen LogP contribution < -0.4 is 4.74 Å². The number of hydrogen-bond acceptors (Lipinski definition) is 3. The van der Waals surface area contributed by atoms with Gasteiger partial charge in [0.2, 0.25) is 0 Å². The van der Waals surface area contributed by atoms with Crippen molar-refractivity contribution in [3.63, 3.8) is 0 Å². The topological polar surface area (TPSA) is 26.3 Å². The van der Waals surface area contributed by atoms with Gasteiger partial charge in [-0.25, -0.2) is 0 Å². The highest BCUT2D eigenvalue weighted by Gasteiger charge is 2.30. The lowest BCUT2D eigenvalue weighted by molar-refractivity contribution is 0.0968. The molecule has 2 aromatic rings. The Bertz CT molecular complexity index is 638. The molecule has 0 radical (unpaired) electrons. The average molecular weight is 328 g/mol. The summed E-state index contributed by atoms with van der Waals surface area (Å²) in [6.07, 6.45) is 7.01. The molecule has 0 aliphatic heterocycles. The SMILES string of the molecule is CCCCCCOc1ccc(-c2cc(C(=O)C3CC3)cs2)cc1. The number of carbonyl (C=O) groups is 1. The molecule has 0 spiro atoms. The van der Waals surface area contributed by atoms with Crippen molar-refractivity contribution in [1.82, 2.24) is 0 Å². The number of ether oxygens (including phenoxy) is 1. The van der Waals surface area contributed by atoms with Gasteiger partial charge in [-0.05, 0) is 55.2 Å². The number of ketones is 1. The van der Waals surface area contributed by atoms with E-state index in [4.69, 9.17) is 4.74 Å². The Kier molecular flexibility index (Phi) is 5.50. The molecule has 122 valence electrons. The molecule has 1 aromatic heterocycles. The highest BCUT2D eigenvalue weighted by atomic mass is 32.1. The molecule has 1 saturated carbocycles. The summed E-state index contributed by atoms with van der Waals surface area (Å²) in [5, 5.41) is 1.99. The van der Waals surface area contributed by atoms with Crippen LogP contribution in [0.15, 0.2) is 35.7 Å². The third-order valence-corrected chi connectivity index (χ3v) is 5.22. The lowest BCUT2D eigenvalue weighted by Crippen LogP contribution is -1.98. The van der Waals surface area contributed by atoms with Gasteiger partial charge in [-0.2, -0.15) is 0 Å². The number of unbranched alkanes of at least 4 members (excludes halogenated alkanes) is 3. The predicted octanol–water partition coefficient (Wildman–Crippen LogP) is 5.97. The minimum absolute atomic E-state index is 0.293. The normalized spacial score (nSPS) is 14.0. The molecule has 2 nitrogen and oxygen atoms in total. The van der Waals surface area contributed by atoms with Crippen LogP contribution in [0.3, 0.4) is 0 Å². The molecule has 3 rings (SSSR count). The van der Waals surface area contributed by atoms with Gasteiger partial charge in [0, 0.05) is 21.7 Å². The molecular weight excluding hydrogens is 304 g/mol. The van der Waals surface area contributed by atoms with Crippen LogP contribution in [0.5, 0.6) is 5.75 Å². The molecule has 1 aromatic carbocycles. The van der Waals surface area contributed by atoms with Crippen molar-refractivity contribution in [2.75, 3.05) is 6.61 Å². The Morgan fingerprint density at radius 1 is 1.17 bits per heavy atom. The van der Waals surface area contributed by atoms with Gasteiger partial charge in [0.25, 0.3) is 0 Å². The van der Waals surface area contributed by atoms with E-state index in [0.29, 0.717) is 11.7 Å². The molecule has 1 fully saturated rings. The zero-order valence-electron chi connectivity index (χ0n) is 13.7. The van der Waals surface area contributed by atoms with E-state index >= 15 is 0 Å². The molecule has 0 atom stereocenters. The molecule has 0 bridgehead atoms. The van der Waals surface area contributed by atoms with Crippen molar-refractivity contribution in [2.24, 2.45) is 5.92 Å². The van der Waals surface area contributed by atoms with Crippen LogP contribution in [0, 0.1) is 5.92 Å². The molecule has 0 amide bonds. The monoisotopic (exact) mass is 328 g/mol. The van der Waals surface area contributed by atoms with E-state index in [1.54, 1.807) is 11.3 Å². The summed E-state index contributed by atoms with van der Waals surface area (Å²) < 4.78 is 5.78. The van der Waals surface area contributed by atoms with E-state index in [-0.39, 0.29) is 0 Å². The highest BCUT2D eigenvalue weighted by Crippen LogP contribution is 2.36. The quantitative estimate of drug-likeness (QED) is 0.419. The Morgan fingerprint density at radius 3 is 2.65 bits per heavy atom. The summed E-state index contributed by atoms with van der Waals surface area (Å²) in [6, 6.07) is 10.2. The summed E-state index contributed by atoms with van der Waals surface area (Å²) in [6.45, 7) is 3.01. The van der Waals surface area contributed by atoms with E-state index in [2.05, 4.69) is 19.1 Å². The first-order chi connectivity index (χ1) is 11.3. The van der Waals surface area contributed by atoms with Crippen LogP contribution in [0.25, 0.3) is 10.4 Å². The largest absolute Gasteiger partial charge is 0.494 e. The molecule has 3 heteroatoms. The second kappa shape index (κ2) is 7.78.